The van der Waals surface area contributed by atoms with E-state index in [4.69, 9.17) is 4.74 Å². The Bertz CT molecular complexity index is 1080. The van der Waals surface area contributed by atoms with E-state index >= 15 is 0 Å². The topological polar surface area (TPSA) is 88.8 Å². The highest BCUT2D eigenvalue weighted by atomic mass is 32.2. The molecule has 1 N–H and O–H groups in total. The minimum atomic E-state index is -3.53. The number of hydrogen-bond donors (Lipinski definition) is 1. The standard InChI is InChI=1S/C23H33N5O3S/c1-4-27(5-2)14-9-15-32(29,30)26-21(18-31-17-20-10-7-6-8-11-20)23-25-24-22-13-12-19(3)16-28(22)23/h6-8,10-13,16,21,26H,4-5,9,14-15,17-18H2,1-3H3. The molecule has 1 atom stereocenters. The van der Waals surface area contributed by atoms with Crippen LogP contribution in [0, 0.1) is 6.92 Å². The maximum Gasteiger partial charge on any atom is 0.212 e. The number of nitrogens with one attached hydrogen (secondary N) is 1. The molecule has 3 aromatic rings. The van der Waals surface area contributed by atoms with Gasteiger partial charge in [0.2, 0.25) is 10.0 Å². The lowest BCUT2D eigenvalue weighted by Gasteiger charge is -2.20. The normalized spacial score (nSPS) is 13.1. The van der Waals surface area contributed by atoms with Crippen molar-refractivity contribution in [2.75, 3.05) is 32.0 Å². The van der Waals surface area contributed by atoms with Crippen LogP contribution in [0.4, 0.5) is 0 Å². The summed E-state index contributed by atoms with van der Waals surface area (Å²) in [7, 11) is -3.53. The van der Waals surface area contributed by atoms with Crippen LogP contribution in [0.5, 0.6) is 0 Å². The fraction of sp³-hybridized carbons (Fsp3) is 0.478. The van der Waals surface area contributed by atoms with Crippen molar-refractivity contribution in [3.8, 4) is 0 Å². The zero-order valence-electron chi connectivity index (χ0n) is 19.1. The maximum atomic E-state index is 12.9. The second kappa shape index (κ2) is 11.5. The zero-order valence-corrected chi connectivity index (χ0v) is 19.9. The number of aromatic nitrogens is 3. The fourth-order valence-corrected chi connectivity index (χ4v) is 4.81. The highest BCUT2D eigenvalue weighted by molar-refractivity contribution is 7.89. The smallest absolute Gasteiger partial charge is 0.212 e. The van der Waals surface area contributed by atoms with Crippen LogP contribution in [0.25, 0.3) is 5.65 Å². The molecule has 2 aromatic heterocycles. The first-order chi connectivity index (χ1) is 15.4. The molecule has 0 radical (unpaired) electrons. The Balaban J connectivity index is 1.74. The van der Waals surface area contributed by atoms with E-state index in [9.17, 15) is 8.42 Å². The summed E-state index contributed by atoms with van der Waals surface area (Å²) in [5.41, 5.74) is 2.72. The quantitative estimate of drug-likeness (QED) is 0.423. The van der Waals surface area contributed by atoms with Crippen molar-refractivity contribution >= 4 is 15.7 Å². The van der Waals surface area contributed by atoms with Crippen molar-refractivity contribution in [1.29, 1.82) is 0 Å². The van der Waals surface area contributed by atoms with Gasteiger partial charge in [0.1, 0.15) is 6.04 Å². The molecule has 0 fully saturated rings. The molecular weight excluding hydrogens is 426 g/mol. The summed E-state index contributed by atoms with van der Waals surface area (Å²) in [6.45, 7) is 9.23. The number of ether oxygens (including phenoxy) is 1. The van der Waals surface area contributed by atoms with E-state index in [0.29, 0.717) is 24.5 Å². The molecule has 1 aromatic carbocycles. The van der Waals surface area contributed by atoms with Gasteiger partial charge in [0.25, 0.3) is 0 Å². The van der Waals surface area contributed by atoms with E-state index in [1.54, 1.807) is 0 Å². The van der Waals surface area contributed by atoms with E-state index in [-0.39, 0.29) is 12.4 Å². The lowest BCUT2D eigenvalue weighted by Crippen LogP contribution is -2.35. The lowest BCUT2D eigenvalue weighted by atomic mass is 10.2. The first kappa shape index (κ1) is 24.3. The number of fused-ring (bicyclic) bond motifs is 1. The van der Waals surface area contributed by atoms with Crippen LogP contribution in [-0.2, 0) is 21.4 Å². The van der Waals surface area contributed by atoms with E-state index < -0.39 is 16.1 Å². The predicted octanol–water partition coefficient (Wildman–Crippen LogP) is 2.95. The number of nitrogens with zero attached hydrogens (tertiary/aromatic N) is 4. The summed E-state index contributed by atoms with van der Waals surface area (Å²) < 4.78 is 36.3. The fourth-order valence-electron chi connectivity index (χ4n) is 3.58. The van der Waals surface area contributed by atoms with Crippen LogP contribution in [0.3, 0.4) is 0 Å². The third-order valence-electron chi connectivity index (χ3n) is 5.39. The molecule has 0 aliphatic rings. The van der Waals surface area contributed by atoms with Crippen molar-refractivity contribution in [2.24, 2.45) is 0 Å². The monoisotopic (exact) mass is 459 g/mol. The van der Waals surface area contributed by atoms with Gasteiger partial charge in [0.05, 0.1) is 19.0 Å². The van der Waals surface area contributed by atoms with Gasteiger partial charge >= 0.3 is 0 Å². The van der Waals surface area contributed by atoms with Gasteiger partial charge in [-0.25, -0.2) is 13.1 Å². The molecule has 0 amide bonds. The molecule has 0 aliphatic heterocycles. The van der Waals surface area contributed by atoms with E-state index in [1.807, 2.05) is 60.0 Å². The van der Waals surface area contributed by atoms with Gasteiger partial charge in [0, 0.05) is 6.20 Å². The van der Waals surface area contributed by atoms with E-state index in [0.717, 1.165) is 30.8 Å². The summed E-state index contributed by atoms with van der Waals surface area (Å²) in [5.74, 6) is 0.568. The minimum Gasteiger partial charge on any atom is -0.375 e. The molecule has 0 saturated carbocycles. The van der Waals surface area contributed by atoms with Gasteiger partial charge in [-0.2, -0.15) is 0 Å². The first-order valence-corrected chi connectivity index (χ1v) is 12.7. The highest BCUT2D eigenvalue weighted by Gasteiger charge is 2.24. The van der Waals surface area contributed by atoms with Gasteiger partial charge in [-0.05, 0) is 50.2 Å². The van der Waals surface area contributed by atoms with E-state index in [1.165, 1.54) is 0 Å². The number of aryl methyl sites for hydroxylation is 1. The Morgan fingerprint density at radius 3 is 2.56 bits per heavy atom. The Kier molecular flexibility index (Phi) is 8.75. The number of pyridine rings is 1. The van der Waals surface area contributed by atoms with Gasteiger partial charge in [-0.3, -0.25) is 4.40 Å². The van der Waals surface area contributed by atoms with Crippen molar-refractivity contribution in [1.82, 2.24) is 24.2 Å². The van der Waals surface area contributed by atoms with Crippen LogP contribution < -0.4 is 4.72 Å². The van der Waals surface area contributed by atoms with Crippen LogP contribution in [0.15, 0.2) is 48.7 Å². The summed E-state index contributed by atoms with van der Waals surface area (Å²) >= 11 is 0. The van der Waals surface area contributed by atoms with E-state index in [2.05, 4.69) is 33.7 Å². The molecule has 1 unspecified atom stereocenters. The minimum absolute atomic E-state index is 0.0500. The number of benzene rings is 1. The molecule has 8 nitrogen and oxygen atoms in total. The van der Waals surface area contributed by atoms with Crippen molar-refractivity contribution in [3.63, 3.8) is 0 Å². The molecule has 32 heavy (non-hydrogen) atoms. The van der Waals surface area contributed by atoms with Crippen molar-refractivity contribution < 1.29 is 13.2 Å². The number of rotatable bonds is 13. The second-order valence-electron chi connectivity index (χ2n) is 7.86. The zero-order chi connectivity index (χ0) is 23.0. The Labute approximate surface area is 190 Å². The molecule has 174 valence electrons. The molecule has 0 saturated heterocycles. The summed E-state index contributed by atoms with van der Waals surface area (Å²) in [5, 5.41) is 8.48. The Morgan fingerprint density at radius 2 is 1.84 bits per heavy atom. The van der Waals surface area contributed by atoms with Crippen molar-refractivity contribution in [2.45, 2.75) is 39.8 Å². The van der Waals surface area contributed by atoms with Gasteiger partial charge in [0.15, 0.2) is 11.5 Å². The first-order valence-electron chi connectivity index (χ1n) is 11.1. The lowest BCUT2D eigenvalue weighted by molar-refractivity contribution is 0.102. The van der Waals surface area contributed by atoms with Crippen LogP contribution >= 0.6 is 0 Å². The van der Waals surface area contributed by atoms with Gasteiger partial charge in [-0.15, -0.1) is 10.2 Å². The maximum absolute atomic E-state index is 12.9. The summed E-state index contributed by atoms with van der Waals surface area (Å²) in [6, 6.07) is 13.0. The van der Waals surface area contributed by atoms with Crippen molar-refractivity contribution in [3.05, 3.63) is 65.6 Å². The SMILES string of the molecule is CCN(CC)CCCS(=O)(=O)NC(COCc1ccccc1)c1nnc2ccc(C)cn12. The van der Waals surface area contributed by atoms with Gasteiger partial charge < -0.3 is 9.64 Å². The van der Waals surface area contributed by atoms with Gasteiger partial charge in [-0.1, -0.05) is 50.2 Å². The van der Waals surface area contributed by atoms with Crippen LogP contribution in [-0.4, -0.2) is 59.9 Å². The Morgan fingerprint density at radius 1 is 1.09 bits per heavy atom. The third kappa shape index (κ3) is 6.83. The average molecular weight is 460 g/mol. The largest absolute Gasteiger partial charge is 0.375 e. The highest BCUT2D eigenvalue weighted by Crippen LogP contribution is 2.17. The Hall–Kier alpha value is -2.33. The molecule has 9 heteroatoms. The molecule has 0 bridgehead atoms. The predicted molar refractivity (Wildman–Crippen MR) is 126 cm³/mol. The molecular formula is C23H33N5O3S. The molecule has 0 aliphatic carbocycles. The number of sulfonamides is 1. The second-order valence-corrected chi connectivity index (χ2v) is 9.74. The summed E-state index contributed by atoms with van der Waals surface area (Å²) in [4.78, 5) is 2.21. The number of hydrogen-bond acceptors (Lipinski definition) is 6. The molecule has 0 spiro atoms. The summed E-state index contributed by atoms with van der Waals surface area (Å²) in [6.07, 6.45) is 2.47. The molecule has 3 rings (SSSR count). The van der Waals surface area contributed by atoms with Crippen LogP contribution in [0.2, 0.25) is 0 Å². The average Bonchev–Trinajstić information content (AvgIpc) is 3.19. The molecule has 2 heterocycles. The third-order valence-corrected chi connectivity index (χ3v) is 6.86. The van der Waals surface area contributed by atoms with Crippen LogP contribution in [0.1, 0.15) is 43.3 Å².